The summed E-state index contributed by atoms with van der Waals surface area (Å²) < 4.78 is 12.9. The van der Waals surface area contributed by atoms with E-state index in [1.807, 2.05) is 19.1 Å². The number of benzene rings is 2. The smallest absolute Gasteiger partial charge is 0.183 e. The van der Waals surface area contributed by atoms with Crippen molar-refractivity contribution in [2.45, 2.75) is 13.5 Å². The van der Waals surface area contributed by atoms with Crippen LogP contribution in [0.4, 0.5) is 4.39 Å². The van der Waals surface area contributed by atoms with Crippen LogP contribution in [0.2, 0.25) is 0 Å². The van der Waals surface area contributed by atoms with Crippen molar-refractivity contribution in [3.05, 3.63) is 65.2 Å². The molecule has 126 valence electrons. The number of nitrogens with one attached hydrogen (secondary N) is 2. The second-order valence-corrected chi connectivity index (χ2v) is 6.74. The Kier molecular flexibility index (Phi) is 4.23. The highest BCUT2D eigenvalue weighted by Gasteiger charge is 2.13. The molecule has 4 rings (SSSR count). The van der Waals surface area contributed by atoms with Crippen molar-refractivity contribution in [3.63, 3.8) is 0 Å². The second-order valence-electron chi connectivity index (χ2n) is 5.77. The molecule has 1 aliphatic rings. The number of rotatable bonds is 3. The van der Waals surface area contributed by atoms with E-state index in [2.05, 4.69) is 31.6 Å². The Bertz CT molecular complexity index is 975. The summed E-state index contributed by atoms with van der Waals surface area (Å²) in [7, 11) is 0. The third-order valence-electron chi connectivity index (χ3n) is 3.90. The van der Waals surface area contributed by atoms with Gasteiger partial charge in [0.2, 0.25) is 0 Å². The van der Waals surface area contributed by atoms with Crippen molar-refractivity contribution in [1.82, 2.24) is 15.3 Å². The molecular weight excluding hydrogens is 337 g/mol. The summed E-state index contributed by atoms with van der Waals surface area (Å²) in [6, 6.07) is 12.5. The van der Waals surface area contributed by atoms with Crippen molar-refractivity contribution in [3.8, 4) is 0 Å². The first-order valence-electron chi connectivity index (χ1n) is 7.90. The van der Waals surface area contributed by atoms with Crippen LogP contribution >= 0.6 is 11.8 Å². The molecule has 0 fully saturated rings. The standard InChI is InChI=1S/C18H16FN5S/c1-11-21-15-7-4-13(8-16(15)22-11)17-10-25-18(24-23-17)20-9-12-2-5-14(19)6-3-12/h2-8H,9-10H2,1H3,(H,20,24)(H,21,22). The number of hydrogen-bond acceptors (Lipinski definition) is 5. The fourth-order valence-electron chi connectivity index (χ4n) is 2.62. The molecule has 0 unspecified atom stereocenters. The third-order valence-corrected chi connectivity index (χ3v) is 4.81. The van der Waals surface area contributed by atoms with E-state index < -0.39 is 0 Å². The largest absolute Gasteiger partial charge is 0.359 e. The number of H-pyrrole nitrogens is 1. The normalized spacial score (nSPS) is 14.3. The molecule has 0 saturated carbocycles. The van der Waals surface area contributed by atoms with Gasteiger partial charge in [-0.2, -0.15) is 5.10 Å². The first kappa shape index (κ1) is 15.8. The van der Waals surface area contributed by atoms with Crippen molar-refractivity contribution in [2.75, 3.05) is 5.75 Å². The fourth-order valence-corrected chi connectivity index (χ4v) is 3.39. The van der Waals surface area contributed by atoms with E-state index in [1.54, 1.807) is 23.9 Å². The highest BCUT2D eigenvalue weighted by Crippen LogP contribution is 2.19. The number of imidazole rings is 1. The maximum atomic E-state index is 12.9. The summed E-state index contributed by atoms with van der Waals surface area (Å²) in [6.45, 7) is 2.54. The number of thioether (sulfide) groups is 1. The molecule has 3 aromatic rings. The molecule has 2 aromatic carbocycles. The van der Waals surface area contributed by atoms with E-state index in [4.69, 9.17) is 0 Å². The highest BCUT2D eigenvalue weighted by atomic mass is 32.2. The lowest BCUT2D eigenvalue weighted by molar-refractivity contribution is 0.627. The quantitative estimate of drug-likeness (QED) is 0.756. The number of fused-ring (bicyclic) bond motifs is 1. The van der Waals surface area contributed by atoms with Crippen LogP contribution < -0.4 is 5.32 Å². The fraction of sp³-hybridized carbons (Fsp3) is 0.167. The summed E-state index contributed by atoms with van der Waals surface area (Å²) in [5, 5.41) is 12.6. The lowest BCUT2D eigenvalue weighted by atomic mass is 10.1. The molecule has 2 heterocycles. The van der Waals surface area contributed by atoms with Crippen LogP contribution in [0, 0.1) is 12.7 Å². The zero-order valence-corrected chi connectivity index (χ0v) is 14.4. The van der Waals surface area contributed by atoms with Gasteiger partial charge in [0.15, 0.2) is 5.17 Å². The first-order valence-corrected chi connectivity index (χ1v) is 8.88. The molecular formula is C18H16FN5S. The second kappa shape index (κ2) is 6.68. The number of hydrogen-bond donors (Lipinski definition) is 2. The minimum absolute atomic E-state index is 0.230. The third kappa shape index (κ3) is 3.56. The van der Waals surface area contributed by atoms with Gasteiger partial charge in [-0.3, -0.25) is 0 Å². The van der Waals surface area contributed by atoms with Crippen molar-refractivity contribution in [2.24, 2.45) is 10.2 Å². The Balaban J connectivity index is 1.46. The highest BCUT2D eigenvalue weighted by molar-refractivity contribution is 8.14. The number of aryl methyl sites for hydroxylation is 1. The van der Waals surface area contributed by atoms with E-state index in [0.29, 0.717) is 6.54 Å². The Morgan fingerprint density at radius 2 is 2.00 bits per heavy atom. The summed E-state index contributed by atoms with van der Waals surface area (Å²) in [5.74, 6) is 1.41. The summed E-state index contributed by atoms with van der Waals surface area (Å²) in [4.78, 5) is 7.65. The van der Waals surface area contributed by atoms with Gasteiger partial charge in [-0.25, -0.2) is 9.37 Å². The number of aromatic amines is 1. The van der Waals surface area contributed by atoms with Crippen molar-refractivity contribution >= 4 is 33.7 Å². The summed E-state index contributed by atoms with van der Waals surface area (Å²) in [6.07, 6.45) is 0. The number of aromatic nitrogens is 2. The molecule has 0 radical (unpaired) electrons. The molecule has 1 aliphatic heterocycles. The maximum absolute atomic E-state index is 12.9. The van der Waals surface area contributed by atoms with Crippen LogP contribution in [0.15, 0.2) is 52.7 Å². The van der Waals surface area contributed by atoms with Crippen molar-refractivity contribution < 1.29 is 4.39 Å². The average molecular weight is 353 g/mol. The molecule has 0 spiro atoms. The van der Waals surface area contributed by atoms with Crippen LogP contribution in [0.3, 0.4) is 0 Å². The average Bonchev–Trinajstić information content (AvgIpc) is 3.01. The molecule has 0 amide bonds. The molecule has 1 aromatic heterocycles. The summed E-state index contributed by atoms with van der Waals surface area (Å²) >= 11 is 1.61. The number of halogens is 1. The lowest BCUT2D eigenvalue weighted by Gasteiger charge is -2.13. The number of amidine groups is 1. The molecule has 0 atom stereocenters. The van der Waals surface area contributed by atoms with Crippen LogP contribution in [-0.2, 0) is 6.54 Å². The van der Waals surface area contributed by atoms with Crippen molar-refractivity contribution in [1.29, 1.82) is 0 Å². The Labute approximate surface area is 148 Å². The molecule has 2 N–H and O–H groups in total. The van der Waals surface area contributed by atoms with Gasteiger partial charge in [-0.15, -0.1) is 5.10 Å². The number of nitrogens with zero attached hydrogens (tertiary/aromatic N) is 3. The molecule has 7 heteroatoms. The SMILES string of the molecule is Cc1nc2ccc(C3=NN=C(NCc4ccc(F)cc4)SC3)cc2[nH]1. The first-order chi connectivity index (χ1) is 12.2. The van der Waals surface area contributed by atoms with Gasteiger partial charge in [0.1, 0.15) is 11.6 Å². The maximum Gasteiger partial charge on any atom is 0.183 e. The summed E-state index contributed by atoms with van der Waals surface area (Å²) in [5.41, 5.74) is 4.94. The van der Waals surface area contributed by atoms with Crippen LogP contribution in [0.5, 0.6) is 0 Å². The predicted molar refractivity (Wildman–Crippen MR) is 101 cm³/mol. The van der Waals surface area contributed by atoms with Gasteiger partial charge in [-0.05, 0) is 36.8 Å². The van der Waals surface area contributed by atoms with Gasteiger partial charge >= 0.3 is 0 Å². The van der Waals surface area contributed by atoms with E-state index in [0.717, 1.165) is 44.6 Å². The Morgan fingerprint density at radius 3 is 2.76 bits per heavy atom. The topological polar surface area (TPSA) is 65.4 Å². The molecule has 0 aliphatic carbocycles. The van der Waals surface area contributed by atoms with Crippen LogP contribution in [0.1, 0.15) is 17.0 Å². The lowest BCUT2D eigenvalue weighted by Crippen LogP contribution is -2.23. The van der Waals surface area contributed by atoms with E-state index >= 15 is 0 Å². The van der Waals surface area contributed by atoms with E-state index in [1.165, 1.54) is 12.1 Å². The molecule has 5 nitrogen and oxygen atoms in total. The molecule has 0 saturated heterocycles. The van der Waals surface area contributed by atoms with Gasteiger partial charge < -0.3 is 10.3 Å². The van der Waals surface area contributed by atoms with Gasteiger partial charge in [0.05, 0.1) is 16.7 Å². The molecule has 25 heavy (non-hydrogen) atoms. The van der Waals surface area contributed by atoms with E-state index in [-0.39, 0.29) is 5.82 Å². The van der Waals surface area contributed by atoms with Gasteiger partial charge in [-0.1, -0.05) is 30.0 Å². The zero-order chi connectivity index (χ0) is 17.2. The van der Waals surface area contributed by atoms with Gasteiger partial charge in [0.25, 0.3) is 0 Å². The minimum atomic E-state index is -0.230. The predicted octanol–water partition coefficient (Wildman–Crippen LogP) is 3.61. The minimum Gasteiger partial charge on any atom is -0.359 e. The zero-order valence-electron chi connectivity index (χ0n) is 13.6. The molecule has 0 bridgehead atoms. The van der Waals surface area contributed by atoms with Crippen LogP contribution in [-0.4, -0.2) is 26.6 Å². The Hall–Kier alpha value is -2.67. The monoisotopic (exact) mass is 353 g/mol. The van der Waals surface area contributed by atoms with Gasteiger partial charge in [0, 0.05) is 17.9 Å². The van der Waals surface area contributed by atoms with E-state index in [9.17, 15) is 4.39 Å². The van der Waals surface area contributed by atoms with Crippen LogP contribution in [0.25, 0.3) is 11.0 Å². The Morgan fingerprint density at radius 1 is 1.16 bits per heavy atom.